The highest BCUT2D eigenvalue weighted by molar-refractivity contribution is 6.74. The van der Waals surface area contributed by atoms with E-state index in [1.54, 1.807) is 0 Å². The monoisotopic (exact) mass is 707 g/mol. The van der Waals surface area contributed by atoms with Crippen LogP contribution in [0.15, 0.2) is 24.3 Å². The van der Waals surface area contributed by atoms with E-state index >= 15 is 0 Å². The fourth-order valence-electron chi connectivity index (χ4n) is 5.50. The molecule has 0 saturated carbocycles. The minimum absolute atomic E-state index is 0.0488. The molecule has 0 N–H and O–H groups in total. The standard InChI is InChI=1S/C43H82O5Si/c1-8-10-12-14-16-18-20-22-23-25-27-29-31-33-35-37-42(45)48-40(39-47-49(6,7)43(3,4)5)38-46-41(44)36-34-32-30-28-26-24-21-19-17-15-13-11-9-2/h16,18,22-23,40H,8-15,17,19-21,24-39H2,1-7H3. The molecule has 0 aliphatic carbocycles. The Kier molecular flexibility index (Phi) is 31.6. The van der Waals surface area contributed by atoms with Gasteiger partial charge in [-0.25, -0.2) is 0 Å². The Morgan fingerprint density at radius 3 is 1.45 bits per heavy atom. The van der Waals surface area contributed by atoms with E-state index in [9.17, 15) is 9.59 Å². The molecule has 0 radical (unpaired) electrons. The molecule has 0 heterocycles. The van der Waals surface area contributed by atoms with Crippen molar-refractivity contribution in [2.45, 2.75) is 226 Å². The molecule has 0 saturated heterocycles. The molecular weight excluding hydrogens is 625 g/mol. The number of unbranched alkanes of at least 4 members (excludes halogenated alkanes) is 20. The molecule has 5 nitrogen and oxygen atoms in total. The Labute approximate surface area is 306 Å². The van der Waals surface area contributed by atoms with Gasteiger partial charge in [0, 0.05) is 12.8 Å². The van der Waals surface area contributed by atoms with Crippen molar-refractivity contribution in [1.29, 1.82) is 0 Å². The van der Waals surface area contributed by atoms with Gasteiger partial charge in [0.2, 0.25) is 0 Å². The summed E-state index contributed by atoms with van der Waals surface area (Å²) in [5, 5.41) is 0.0488. The number of ether oxygens (including phenoxy) is 2. The first-order valence-electron chi connectivity index (χ1n) is 20.8. The Morgan fingerprint density at radius 1 is 0.551 bits per heavy atom. The zero-order valence-corrected chi connectivity index (χ0v) is 34.7. The van der Waals surface area contributed by atoms with Gasteiger partial charge in [-0.05, 0) is 63.1 Å². The van der Waals surface area contributed by atoms with Gasteiger partial charge in [0.15, 0.2) is 14.4 Å². The van der Waals surface area contributed by atoms with E-state index < -0.39 is 14.4 Å². The Morgan fingerprint density at radius 2 is 0.959 bits per heavy atom. The summed E-state index contributed by atoms with van der Waals surface area (Å²) in [5.41, 5.74) is 0. The van der Waals surface area contributed by atoms with E-state index in [1.807, 2.05) is 0 Å². The Bertz CT molecular complexity index is 829. The second-order valence-electron chi connectivity index (χ2n) is 15.8. The molecule has 49 heavy (non-hydrogen) atoms. The lowest BCUT2D eigenvalue weighted by Gasteiger charge is -2.37. The van der Waals surface area contributed by atoms with Crippen LogP contribution in [-0.2, 0) is 23.5 Å². The summed E-state index contributed by atoms with van der Waals surface area (Å²) < 4.78 is 17.8. The van der Waals surface area contributed by atoms with E-state index in [0.717, 1.165) is 44.9 Å². The molecule has 1 atom stereocenters. The first-order chi connectivity index (χ1) is 23.5. The Hall–Kier alpha value is -1.40. The molecule has 0 bridgehead atoms. The van der Waals surface area contributed by atoms with Crippen molar-refractivity contribution < 1.29 is 23.5 Å². The van der Waals surface area contributed by atoms with E-state index in [4.69, 9.17) is 13.9 Å². The van der Waals surface area contributed by atoms with Crippen LogP contribution in [0.4, 0.5) is 0 Å². The van der Waals surface area contributed by atoms with Crippen molar-refractivity contribution in [3.05, 3.63) is 24.3 Å². The van der Waals surface area contributed by atoms with Crippen molar-refractivity contribution in [2.75, 3.05) is 13.2 Å². The van der Waals surface area contributed by atoms with Crippen LogP contribution >= 0.6 is 0 Å². The van der Waals surface area contributed by atoms with Crippen molar-refractivity contribution in [1.82, 2.24) is 0 Å². The third kappa shape index (κ3) is 31.1. The largest absolute Gasteiger partial charge is 0.462 e. The highest BCUT2D eigenvalue weighted by Crippen LogP contribution is 2.36. The quantitative estimate of drug-likeness (QED) is 0.0288. The van der Waals surface area contributed by atoms with Gasteiger partial charge in [0.1, 0.15) is 6.61 Å². The maximum absolute atomic E-state index is 12.7. The lowest BCUT2D eigenvalue weighted by molar-refractivity contribution is -0.161. The van der Waals surface area contributed by atoms with Gasteiger partial charge in [0.25, 0.3) is 0 Å². The summed E-state index contributed by atoms with van der Waals surface area (Å²) >= 11 is 0. The lowest BCUT2D eigenvalue weighted by atomic mass is 10.0. The average Bonchev–Trinajstić information content (AvgIpc) is 3.05. The molecule has 0 aromatic rings. The molecule has 1 unspecified atom stereocenters. The summed E-state index contributed by atoms with van der Waals surface area (Å²) in [7, 11) is -2.03. The zero-order chi connectivity index (χ0) is 36.5. The fourth-order valence-corrected chi connectivity index (χ4v) is 6.54. The van der Waals surface area contributed by atoms with Crippen molar-refractivity contribution in [3.63, 3.8) is 0 Å². The van der Waals surface area contributed by atoms with Gasteiger partial charge in [-0.1, -0.05) is 168 Å². The van der Waals surface area contributed by atoms with Crippen molar-refractivity contribution >= 4 is 20.3 Å². The minimum Gasteiger partial charge on any atom is -0.462 e. The minimum atomic E-state index is -2.03. The third-order valence-corrected chi connectivity index (χ3v) is 14.5. The van der Waals surface area contributed by atoms with E-state index in [1.165, 1.54) is 109 Å². The van der Waals surface area contributed by atoms with Gasteiger partial charge in [-0.3, -0.25) is 9.59 Å². The maximum Gasteiger partial charge on any atom is 0.306 e. The molecular formula is C43H82O5Si. The first kappa shape index (κ1) is 47.6. The maximum atomic E-state index is 12.7. The van der Waals surface area contributed by atoms with Crippen LogP contribution in [0.2, 0.25) is 18.1 Å². The number of esters is 2. The molecule has 0 amide bonds. The average molecular weight is 707 g/mol. The summed E-state index contributed by atoms with van der Waals surface area (Å²) in [5.74, 6) is -0.424. The van der Waals surface area contributed by atoms with E-state index in [0.29, 0.717) is 12.8 Å². The Balaban J connectivity index is 4.26. The van der Waals surface area contributed by atoms with Gasteiger partial charge in [0.05, 0.1) is 6.61 Å². The molecule has 0 aromatic heterocycles. The number of rotatable bonds is 34. The van der Waals surface area contributed by atoms with Crippen LogP contribution in [-0.4, -0.2) is 39.6 Å². The fraction of sp³-hybridized carbons (Fsp3) is 0.860. The van der Waals surface area contributed by atoms with Crippen LogP contribution in [0.5, 0.6) is 0 Å². The second kappa shape index (κ2) is 32.5. The summed E-state index contributed by atoms with van der Waals surface area (Å²) in [6.45, 7) is 15.8. The molecule has 0 aromatic carbocycles. The van der Waals surface area contributed by atoms with Gasteiger partial charge >= 0.3 is 11.9 Å². The number of carbonyl (C=O) groups excluding carboxylic acids is 2. The zero-order valence-electron chi connectivity index (χ0n) is 33.7. The van der Waals surface area contributed by atoms with Gasteiger partial charge < -0.3 is 13.9 Å². The number of hydrogen-bond acceptors (Lipinski definition) is 5. The highest BCUT2D eigenvalue weighted by Gasteiger charge is 2.38. The molecule has 0 aliphatic rings. The molecule has 6 heteroatoms. The van der Waals surface area contributed by atoms with Crippen molar-refractivity contribution in [2.24, 2.45) is 0 Å². The number of hydrogen-bond donors (Lipinski definition) is 0. The third-order valence-electron chi connectivity index (χ3n) is 9.98. The van der Waals surface area contributed by atoms with Crippen LogP contribution < -0.4 is 0 Å². The molecule has 0 spiro atoms. The predicted molar refractivity (Wildman–Crippen MR) is 214 cm³/mol. The van der Waals surface area contributed by atoms with Crippen LogP contribution in [0.25, 0.3) is 0 Å². The second-order valence-corrected chi connectivity index (χ2v) is 20.6. The molecule has 0 fully saturated rings. The van der Waals surface area contributed by atoms with Crippen LogP contribution in [0.1, 0.15) is 202 Å². The number of carbonyl (C=O) groups is 2. The summed E-state index contributed by atoms with van der Waals surface area (Å²) in [6, 6.07) is 0. The lowest BCUT2D eigenvalue weighted by Crippen LogP contribution is -2.44. The van der Waals surface area contributed by atoms with E-state index in [2.05, 4.69) is 72.0 Å². The van der Waals surface area contributed by atoms with Crippen molar-refractivity contribution in [3.8, 4) is 0 Å². The smallest absolute Gasteiger partial charge is 0.306 e. The molecule has 288 valence electrons. The first-order valence-corrected chi connectivity index (χ1v) is 23.7. The molecule has 0 rings (SSSR count). The highest BCUT2D eigenvalue weighted by atomic mass is 28.4. The van der Waals surface area contributed by atoms with E-state index in [-0.39, 0.29) is 30.2 Å². The molecule has 0 aliphatic heterocycles. The topological polar surface area (TPSA) is 61.8 Å². The van der Waals surface area contributed by atoms with Crippen LogP contribution in [0, 0.1) is 0 Å². The number of allylic oxidation sites excluding steroid dienone is 4. The van der Waals surface area contributed by atoms with Gasteiger partial charge in [-0.2, -0.15) is 0 Å². The normalized spacial score (nSPS) is 13.0. The summed E-state index contributed by atoms with van der Waals surface area (Å²) in [6.07, 6.45) is 38.7. The van der Waals surface area contributed by atoms with Crippen LogP contribution in [0.3, 0.4) is 0 Å². The predicted octanol–water partition coefficient (Wildman–Crippen LogP) is 13.8. The SMILES string of the molecule is CCCCCC=CCC=CCCCCCCCC(=O)OC(COC(=O)CCCCCCCCCCCCCCC)CO[Si](C)(C)C(C)(C)C. The van der Waals surface area contributed by atoms with Gasteiger partial charge in [-0.15, -0.1) is 0 Å². The summed E-state index contributed by atoms with van der Waals surface area (Å²) in [4.78, 5) is 25.3.